The van der Waals surface area contributed by atoms with Crippen LogP contribution >= 0.6 is 11.6 Å². The van der Waals surface area contributed by atoms with E-state index in [0.717, 1.165) is 49.3 Å². The molecule has 5 heterocycles. The summed E-state index contributed by atoms with van der Waals surface area (Å²) in [5.41, 5.74) is 3.43. The molecule has 1 aromatic carbocycles. The highest BCUT2D eigenvalue weighted by Crippen LogP contribution is 2.58. The molecule has 26 heavy (non-hydrogen) atoms. The van der Waals surface area contributed by atoms with Crippen molar-refractivity contribution in [1.82, 2.24) is 15.2 Å². The van der Waals surface area contributed by atoms with E-state index >= 15 is 0 Å². The number of piperidine rings is 2. The summed E-state index contributed by atoms with van der Waals surface area (Å²) in [6.07, 6.45) is 4.04. The lowest BCUT2D eigenvalue weighted by atomic mass is 9.51. The second kappa shape index (κ2) is 4.48. The standard InChI is InChI=1S/C21H24ClN3O/c1-19(2)16-10-21-6-3-7-25(21)11-20(16,24-18(21)26)9-14-13-8-12(22)4-5-15(13)23-17(14)19/h4-5,8,16,23H,3,6-7,9-11H2,1-2H3,(H,24,26)/t16-,20+,21-/m0/s1. The number of rotatable bonds is 0. The van der Waals surface area contributed by atoms with Gasteiger partial charge in [-0.1, -0.05) is 25.4 Å². The summed E-state index contributed by atoms with van der Waals surface area (Å²) in [5.74, 6) is 0.729. The molecule has 5 aliphatic rings. The minimum absolute atomic E-state index is 0.00550. The number of halogens is 1. The van der Waals surface area contributed by atoms with Crippen LogP contribution in [0.25, 0.3) is 10.9 Å². The monoisotopic (exact) mass is 369 g/mol. The zero-order valence-electron chi connectivity index (χ0n) is 15.3. The third-order valence-electron chi connectivity index (χ3n) is 7.97. The average Bonchev–Trinajstić information content (AvgIpc) is 3.16. The van der Waals surface area contributed by atoms with Crippen LogP contribution in [0.5, 0.6) is 0 Å². The van der Waals surface area contributed by atoms with Crippen LogP contribution in [0.4, 0.5) is 0 Å². The van der Waals surface area contributed by atoms with Gasteiger partial charge in [0.05, 0.1) is 5.54 Å². The average molecular weight is 370 g/mol. The number of nitrogens with one attached hydrogen (secondary N) is 2. The van der Waals surface area contributed by atoms with Crippen LogP contribution < -0.4 is 5.32 Å². The summed E-state index contributed by atoms with van der Waals surface area (Å²) in [4.78, 5) is 19.3. The number of piperazine rings is 1. The molecule has 7 rings (SSSR count). The first-order chi connectivity index (χ1) is 12.4. The normalized spacial score (nSPS) is 37.3. The minimum atomic E-state index is -0.253. The van der Waals surface area contributed by atoms with E-state index in [2.05, 4.69) is 41.2 Å². The van der Waals surface area contributed by atoms with Gasteiger partial charge in [-0.05, 0) is 61.9 Å². The Morgan fingerprint density at radius 3 is 3.00 bits per heavy atom. The maximum absolute atomic E-state index is 13.1. The summed E-state index contributed by atoms with van der Waals surface area (Å²) >= 11 is 6.31. The Hall–Kier alpha value is -1.52. The molecule has 4 aliphatic heterocycles. The van der Waals surface area contributed by atoms with Crippen LogP contribution in [0.2, 0.25) is 5.02 Å². The molecule has 2 aromatic rings. The van der Waals surface area contributed by atoms with Gasteiger partial charge < -0.3 is 10.3 Å². The number of hydrogen-bond donors (Lipinski definition) is 2. The number of carbonyl (C=O) groups is 1. The van der Waals surface area contributed by atoms with E-state index in [1.54, 1.807) is 0 Å². The van der Waals surface area contributed by atoms with Gasteiger partial charge in [0.2, 0.25) is 5.91 Å². The predicted molar refractivity (Wildman–Crippen MR) is 103 cm³/mol. The summed E-state index contributed by atoms with van der Waals surface area (Å²) in [5, 5.41) is 5.52. The highest BCUT2D eigenvalue weighted by atomic mass is 35.5. The maximum Gasteiger partial charge on any atom is 0.241 e. The van der Waals surface area contributed by atoms with Gasteiger partial charge in [-0.3, -0.25) is 9.69 Å². The van der Waals surface area contributed by atoms with Crippen molar-refractivity contribution in [3.8, 4) is 0 Å². The predicted octanol–water partition coefficient (Wildman–Crippen LogP) is 3.38. The van der Waals surface area contributed by atoms with E-state index in [0.29, 0.717) is 5.92 Å². The van der Waals surface area contributed by atoms with Crippen LogP contribution in [-0.2, 0) is 16.6 Å². The van der Waals surface area contributed by atoms with Crippen LogP contribution in [0.15, 0.2) is 18.2 Å². The number of amides is 1. The number of H-pyrrole nitrogens is 1. The van der Waals surface area contributed by atoms with Crippen molar-refractivity contribution in [1.29, 1.82) is 0 Å². The van der Waals surface area contributed by atoms with E-state index in [1.807, 2.05) is 6.07 Å². The number of hydrogen-bond acceptors (Lipinski definition) is 2. The highest BCUT2D eigenvalue weighted by Gasteiger charge is 2.68. The molecule has 1 aliphatic carbocycles. The minimum Gasteiger partial charge on any atom is -0.358 e. The fraction of sp³-hybridized carbons (Fsp3) is 0.571. The lowest BCUT2D eigenvalue weighted by molar-refractivity contribution is -0.160. The molecule has 136 valence electrons. The molecule has 4 fully saturated rings. The van der Waals surface area contributed by atoms with Crippen molar-refractivity contribution in [2.45, 2.75) is 56.0 Å². The molecule has 3 atom stereocenters. The number of benzene rings is 1. The van der Waals surface area contributed by atoms with Gasteiger partial charge in [0.25, 0.3) is 0 Å². The Kier molecular flexibility index (Phi) is 2.67. The van der Waals surface area contributed by atoms with E-state index < -0.39 is 0 Å². The molecule has 1 aromatic heterocycles. The second-order valence-corrected chi connectivity index (χ2v) is 9.93. The fourth-order valence-corrected chi connectivity index (χ4v) is 6.98. The van der Waals surface area contributed by atoms with Crippen LogP contribution in [0.1, 0.15) is 44.4 Å². The molecular weight excluding hydrogens is 346 g/mol. The maximum atomic E-state index is 13.1. The van der Waals surface area contributed by atoms with Crippen molar-refractivity contribution in [3.05, 3.63) is 34.5 Å². The number of aromatic nitrogens is 1. The largest absolute Gasteiger partial charge is 0.358 e. The zero-order chi connectivity index (χ0) is 17.9. The molecule has 2 N–H and O–H groups in total. The van der Waals surface area contributed by atoms with Gasteiger partial charge in [-0.25, -0.2) is 0 Å². The first-order valence-electron chi connectivity index (χ1n) is 9.74. The Labute approximate surface area is 158 Å². The third-order valence-corrected chi connectivity index (χ3v) is 8.20. The molecule has 4 nitrogen and oxygen atoms in total. The summed E-state index contributed by atoms with van der Waals surface area (Å²) in [7, 11) is 0. The van der Waals surface area contributed by atoms with Crippen molar-refractivity contribution < 1.29 is 4.79 Å². The molecule has 0 saturated carbocycles. The molecule has 2 spiro atoms. The number of carbonyl (C=O) groups excluding carboxylic acids is 1. The van der Waals surface area contributed by atoms with Crippen LogP contribution in [-0.4, -0.2) is 40.0 Å². The first-order valence-corrected chi connectivity index (χ1v) is 10.1. The van der Waals surface area contributed by atoms with E-state index in [1.165, 1.54) is 16.6 Å². The number of fused-ring (bicyclic) bond motifs is 4. The SMILES string of the molecule is CC1(C)c2[nH]c3ccc(Cl)cc3c2C[C@@]23CN4CCC[C@]4(C[C@@H]12)C(=O)N3. The Balaban J connectivity index is 1.59. The van der Waals surface area contributed by atoms with Crippen molar-refractivity contribution in [3.63, 3.8) is 0 Å². The lowest BCUT2D eigenvalue weighted by Gasteiger charge is -2.65. The van der Waals surface area contributed by atoms with Gasteiger partial charge >= 0.3 is 0 Å². The highest BCUT2D eigenvalue weighted by molar-refractivity contribution is 6.31. The Morgan fingerprint density at radius 1 is 1.31 bits per heavy atom. The zero-order valence-corrected chi connectivity index (χ0v) is 16.0. The summed E-state index contributed by atoms with van der Waals surface area (Å²) < 4.78 is 0. The van der Waals surface area contributed by atoms with E-state index in [9.17, 15) is 4.79 Å². The lowest BCUT2D eigenvalue weighted by Crippen LogP contribution is -2.82. The van der Waals surface area contributed by atoms with Crippen molar-refractivity contribution in [2.24, 2.45) is 5.92 Å². The molecule has 0 radical (unpaired) electrons. The molecule has 0 unspecified atom stereocenters. The first kappa shape index (κ1) is 15.5. The van der Waals surface area contributed by atoms with Crippen molar-refractivity contribution >= 4 is 28.4 Å². The van der Waals surface area contributed by atoms with Gasteiger partial charge in [0, 0.05) is 33.6 Å². The summed E-state index contributed by atoms with van der Waals surface area (Å²) in [6.45, 7) is 6.77. The molecule has 4 saturated heterocycles. The number of nitrogens with zero attached hydrogens (tertiary/aromatic N) is 1. The van der Waals surface area contributed by atoms with E-state index in [-0.39, 0.29) is 22.4 Å². The molecular formula is C21H24ClN3O. The quantitative estimate of drug-likeness (QED) is 0.748. The smallest absolute Gasteiger partial charge is 0.241 e. The third kappa shape index (κ3) is 1.60. The Morgan fingerprint density at radius 2 is 2.15 bits per heavy atom. The fourth-order valence-electron chi connectivity index (χ4n) is 6.81. The number of aromatic amines is 1. The molecule has 1 amide bonds. The van der Waals surface area contributed by atoms with Crippen molar-refractivity contribution in [2.75, 3.05) is 13.1 Å². The van der Waals surface area contributed by atoms with Gasteiger partial charge in [-0.15, -0.1) is 0 Å². The van der Waals surface area contributed by atoms with E-state index in [4.69, 9.17) is 11.6 Å². The summed E-state index contributed by atoms with van der Waals surface area (Å²) in [6, 6.07) is 6.11. The van der Waals surface area contributed by atoms with Crippen LogP contribution in [0.3, 0.4) is 0 Å². The van der Waals surface area contributed by atoms with Gasteiger partial charge in [0.15, 0.2) is 0 Å². The van der Waals surface area contributed by atoms with Crippen LogP contribution in [0, 0.1) is 5.92 Å². The molecule has 5 heteroatoms. The molecule has 2 bridgehead atoms. The second-order valence-electron chi connectivity index (χ2n) is 9.49. The topological polar surface area (TPSA) is 48.1 Å². The van der Waals surface area contributed by atoms with Gasteiger partial charge in [-0.2, -0.15) is 0 Å². The van der Waals surface area contributed by atoms with Gasteiger partial charge in [0.1, 0.15) is 5.54 Å². The Bertz CT molecular complexity index is 979.